The minimum Gasteiger partial charge on any atom is -0.494 e. The van der Waals surface area contributed by atoms with Crippen LogP contribution in [0.1, 0.15) is 24.8 Å². The summed E-state index contributed by atoms with van der Waals surface area (Å²) in [4.78, 5) is 16.3. The first-order chi connectivity index (χ1) is 16.5. The van der Waals surface area contributed by atoms with E-state index >= 15 is 0 Å². The van der Waals surface area contributed by atoms with Gasteiger partial charge in [-0.15, -0.1) is 23.2 Å². The van der Waals surface area contributed by atoms with Crippen molar-refractivity contribution >= 4 is 63.7 Å². The van der Waals surface area contributed by atoms with Gasteiger partial charge >= 0.3 is 0 Å². The van der Waals surface area contributed by atoms with Gasteiger partial charge in [-0.1, -0.05) is 35.3 Å². The van der Waals surface area contributed by atoms with Crippen molar-refractivity contribution in [2.24, 2.45) is 0 Å². The first kappa shape index (κ1) is 27.2. The molecule has 0 bridgehead atoms. The number of rotatable bonds is 8. The second-order valence-corrected chi connectivity index (χ2v) is 9.74. The Morgan fingerprint density at radius 3 is 2.44 bits per heavy atom. The number of aryl methyl sites for hydroxylation is 1. The molecule has 0 aliphatic carbocycles. The number of amides is 1. The van der Waals surface area contributed by atoms with Crippen molar-refractivity contribution < 1.29 is 9.53 Å². The highest BCUT2D eigenvalue weighted by Gasteiger charge is 2.19. The summed E-state index contributed by atoms with van der Waals surface area (Å²) < 4.78 is 5.89. The minimum absolute atomic E-state index is 0.0809. The number of nitrogens with zero attached hydrogens (tertiary/aromatic N) is 2. The molecule has 2 aliphatic rings. The molecule has 2 aromatic carbocycles. The molecule has 0 saturated carbocycles. The Hall–Kier alpha value is -1.37. The van der Waals surface area contributed by atoms with Crippen LogP contribution in [-0.2, 0) is 11.2 Å². The average Bonchev–Trinajstić information content (AvgIpc) is 2.86. The molecule has 34 heavy (non-hydrogen) atoms. The van der Waals surface area contributed by atoms with E-state index in [0.717, 1.165) is 69.1 Å². The Bertz CT molecular complexity index is 934. The molecule has 2 heterocycles. The van der Waals surface area contributed by atoms with Crippen LogP contribution < -0.4 is 15.0 Å². The minimum atomic E-state index is 0.0809. The topological polar surface area (TPSA) is 44.8 Å². The summed E-state index contributed by atoms with van der Waals surface area (Å²) >= 11 is 22.6. The number of piperazine rings is 1. The van der Waals surface area contributed by atoms with Crippen LogP contribution in [0.5, 0.6) is 5.75 Å². The van der Waals surface area contributed by atoms with Crippen LogP contribution in [0.15, 0.2) is 36.4 Å². The van der Waals surface area contributed by atoms with Crippen LogP contribution in [0.25, 0.3) is 0 Å². The second-order valence-electron chi connectivity index (χ2n) is 8.20. The summed E-state index contributed by atoms with van der Waals surface area (Å²) in [5, 5.41) is 4.18. The predicted octanol–water partition coefficient (Wildman–Crippen LogP) is 6.32. The third-order valence-corrected chi connectivity index (χ3v) is 7.21. The van der Waals surface area contributed by atoms with E-state index in [1.807, 2.05) is 30.3 Å². The molecule has 5 nitrogen and oxygen atoms in total. The number of carbonyl (C=O) groups excluding carboxylic acids is 1. The molecule has 0 atom stereocenters. The molecule has 0 spiro atoms. The van der Waals surface area contributed by atoms with Crippen molar-refractivity contribution in [3.05, 3.63) is 52.0 Å². The zero-order valence-corrected chi connectivity index (χ0v) is 22.2. The second kappa shape index (κ2) is 14.3. The fourth-order valence-corrected chi connectivity index (χ4v) is 4.43. The van der Waals surface area contributed by atoms with Crippen molar-refractivity contribution in [1.82, 2.24) is 4.90 Å². The average molecular weight is 547 g/mol. The van der Waals surface area contributed by atoms with Crippen LogP contribution >= 0.6 is 46.4 Å². The van der Waals surface area contributed by atoms with Gasteiger partial charge in [0.2, 0.25) is 5.91 Å². The molecule has 0 radical (unpaired) electrons. The lowest BCUT2D eigenvalue weighted by Gasteiger charge is -2.36. The van der Waals surface area contributed by atoms with Gasteiger partial charge in [0, 0.05) is 56.1 Å². The third-order valence-electron chi connectivity index (χ3n) is 5.83. The Kier molecular flexibility index (Phi) is 11.4. The van der Waals surface area contributed by atoms with Gasteiger partial charge in [-0.3, -0.25) is 9.69 Å². The number of ether oxygens (including phenoxy) is 1. The summed E-state index contributed by atoms with van der Waals surface area (Å²) in [7, 11) is 0. The van der Waals surface area contributed by atoms with Gasteiger partial charge < -0.3 is 15.0 Å². The summed E-state index contributed by atoms with van der Waals surface area (Å²) in [6, 6.07) is 11.8. The standard InChI is InChI=1S/C23H27Cl2N3O2.C2H4Cl2/c24-19-4-3-5-21(23(19)25)28-13-11-27(12-14-28)10-1-2-15-30-18-8-6-17-7-9-22(29)26-20(17)16-18;3-1-2-4/h3-6,8,16H,1-2,7,9-15H2,(H,26,29);1-2H2. The van der Waals surface area contributed by atoms with Crippen LogP contribution in [0.4, 0.5) is 11.4 Å². The van der Waals surface area contributed by atoms with E-state index in [9.17, 15) is 4.79 Å². The molecule has 1 fully saturated rings. The molecule has 186 valence electrons. The molecule has 1 saturated heterocycles. The largest absolute Gasteiger partial charge is 0.494 e. The number of alkyl halides is 2. The van der Waals surface area contributed by atoms with Gasteiger partial charge in [0.25, 0.3) is 0 Å². The maximum Gasteiger partial charge on any atom is 0.224 e. The predicted molar refractivity (Wildman–Crippen MR) is 145 cm³/mol. The lowest BCUT2D eigenvalue weighted by Crippen LogP contribution is -2.46. The molecule has 4 rings (SSSR count). The first-order valence-corrected chi connectivity index (χ1v) is 13.4. The van der Waals surface area contributed by atoms with Gasteiger partial charge in [0.1, 0.15) is 5.75 Å². The highest BCUT2D eigenvalue weighted by Crippen LogP contribution is 2.33. The molecule has 1 N–H and O–H groups in total. The maximum absolute atomic E-state index is 11.5. The smallest absolute Gasteiger partial charge is 0.224 e. The molecule has 2 aromatic rings. The Labute approximate surface area is 222 Å². The van der Waals surface area contributed by atoms with Crippen LogP contribution in [-0.4, -0.2) is 61.9 Å². The number of benzene rings is 2. The molecular formula is C25H31Cl4N3O2. The van der Waals surface area contributed by atoms with Crippen molar-refractivity contribution in [2.45, 2.75) is 25.7 Å². The zero-order valence-electron chi connectivity index (χ0n) is 19.2. The maximum atomic E-state index is 11.5. The van der Waals surface area contributed by atoms with Gasteiger partial charge in [-0.25, -0.2) is 0 Å². The fourth-order valence-electron chi connectivity index (χ4n) is 4.02. The number of fused-ring (bicyclic) bond motifs is 1. The van der Waals surface area contributed by atoms with Gasteiger partial charge in [-0.05, 0) is 49.6 Å². The normalized spacial score (nSPS) is 15.8. The van der Waals surface area contributed by atoms with E-state index in [4.69, 9.17) is 51.1 Å². The first-order valence-electron chi connectivity index (χ1n) is 11.6. The van der Waals surface area contributed by atoms with Crippen molar-refractivity contribution in [3.8, 4) is 5.75 Å². The monoisotopic (exact) mass is 545 g/mol. The fraction of sp³-hybridized carbons (Fsp3) is 0.480. The Morgan fingerprint density at radius 2 is 1.71 bits per heavy atom. The Morgan fingerprint density at radius 1 is 0.941 bits per heavy atom. The number of halogens is 4. The highest BCUT2D eigenvalue weighted by molar-refractivity contribution is 6.43. The van der Waals surface area contributed by atoms with Gasteiger partial charge in [-0.2, -0.15) is 0 Å². The number of carbonyl (C=O) groups is 1. The van der Waals surface area contributed by atoms with Crippen LogP contribution in [0.3, 0.4) is 0 Å². The molecule has 0 aromatic heterocycles. The van der Waals surface area contributed by atoms with Gasteiger partial charge in [0.15, 0.2) is 0 Å². The summed E-state index contributed by atoms with van der Waals surface area (Å²) in [5.41, 5.74) is 3.10. The van der Waals surface area contributed by atoms with Crippen LogP contribution in [0.2, 0.25) is 10.0 Å². The van der Waals surface area contributed by atoms with Crippen molar-refractivity contribution in [3.63, 3.8) is 0 Å². The van der Waals surface area contributed by atoms with Crippen LogP contribution in [0, 0.1) is 0 Å². The van der Waals surface area contributed by atoms with Gasteiger partial charge in [0.05, 0.1) is 22.3 Å². The van der Waals surface area contributed by atoms with E-state index in [-0.39, 0.29) is 5.91 Å². The lowest BCUT2D eigenvalue weighted by atomic mass is 10.0. The number of hydrogen-bond acceptors (Lipinski definition) is 4. The number of unbranched alkanes of at least 4 members (excludes halogenated alkanes) is 1. The van der Waals surface area contributed by atoms with E-state index in [1.54, 1.807) is 0 Å². The summed E-state index contributed by atoms with van der Waals surface area (Å²) in [6.07, 6.45) is 3.47. The van der Waals surface area contributed by atoms with E-state index in [0.29, 0.717) is 34.8 Å². The SMILES string of the molecule is ClCCCl.O=C1CCc2ccc(OCCCCN3CCN(c4cccc(Cl)c4Cl)CC3)cc2N1. The van der Waals surface area contributed by atoms with Crippen molar-refractivity contribution in [1.29, 1.82) is 0 Å². The number of nitrogens with one attached hydrogen (secondary N) is 1. The lowest BCUT2D eigenvalue weighted by molar-refractivity contribution is -0.116. The molecule has 2 aliphatic heterocycles. The molecule has 1 amide bonds. The van der Waals surface area contributed by atoms with Crippen molar-refractivity contribution in [2.75, 3.05) is 61.3 Å². The number of anilines is 2. The van der Waals surface area contributed by atoms with E-state index < -0.39 is 0 Å². The van der Waals surface area contributed by atoms with E-state index in [2.05, 4.69) is 21.2 Å². The highest BCUT2D eigenvalue weighted by atomic mass is 35.5. The molecule has 0 unspecified atom stereocenters. The molecule has 9 heteroatoms. The molecular weight excluding hydrogens is 516 g/mol. The summed E-state index contributed by atoms with van der Waals surface area (Å²) in [5.74, 6) is 2.02. The summed E-state index contributed by atoms with van der Waals surface area (Å²) in [6.45, 7) is 5.71. The van der Waals surface area contributed by atoms with E-state index in [1.165, 1.54) is 5.56 Å². The quantitative estimate of drug-likeness (QED) is 0.310. The zero-order chi connectivity index (χ0) is 24.3. The Balaban J connectivity index is 0.000000751. The third kappa shape index (κ3) is 8.10. The number of hydrogen-bond donors (Lipinski definition) is 1.